The molecule has 3 aliphatic carbocycles. The fraction of sp³-hybridized carbons (Fsp3) is 0.364. The number of nitrogens with zero attached hydrogens (tertiary/aromatic N) is 4. The lowest BCUT2D eigenvalue weighted by atomic mass is 9.43. The number of sulfonamides is 1. The standard InChI is InChI=1S/C22H23N5O5S/c1-31-17-6-7-18(22-10-14(11-22)12-22)25-21(17)33(29,30)26-19(28)16-5-4-15(20(24-16)32-2)13-27-9-3-8-23-27/h3-9,14H,10-13H2,1-2H3,(H,26,28). The second-order valence-electron chi connectivity index (χ2n) is 8.47. The van der Waals surface area contributed by atoms with Gasteiger partial charge in [-0.3, -0.25) is 9.48 Å². The minimum absolute atomic E-state index is 0.0372. The fourth-order valence-electron chi connectivity index (χ4n) is 4.55. The van der Waals surface area contributed by atoms with Crippen molar-refractivity contribution in [2.75, 3.05) is 14.2 Å². The van der Waals surface area contributed by atoms with E-state index < -0.39 is 15.9 Å². The fourth-order valence-corrected chi connectivity index (χ4v) is 5.63. The van der Waals surface area contributed by atoms with E-state index >= 15 is 0 Å². The summed E-state index contributed by atoms with van der Waals surface area (Å²) >= 11 is 0. The van der Waals surface area contributed by atoms with Gasteiger partial charge in [-0.15, -0.1) is 0 Å². The van der Waals surface area contributed by atoms with Crippen LogP contribution in [0, 0.1) is 5.92 Å². The monoisotopic (exact) mass is 469 g/mol. The van der Waals surface area contributed by atoms with Crippen molar-refractivity contribution in [2.45, 2.75) is 36.2 Å². The first-order chi connectivity index (χ1) is 15.8. The number of pyridine rings is 2. The van der Waals surface area contributed by atoms with Crippen molar-refractivity contribution in [1.82, 2.24) is 24.5 Å². The molecule has 11 heteroatoms. The molecule has 3 aromatic rings. The first kappa shape index (κ1) is 21.4. The molecule has 2 bridgehead atoms. The third-order valence-corrected chi connectivity index (χ3v) is 7.62. The van der Waals surface area contributed by atoms with Crippen LogP contribution in [0.15, 0.2) is 47.8 Å². The highest BCUT2D eigenvalue weighted by atomic mass is 32.2. The minimum Gasteiger partial charge on any atom is -0.494 e. The molecule has 0 aliphatic heterocycles. The highest BCUT2D eigenvalue weighted by molar-refractivity contribution is 7.90. The van der Waals surface area contributed by atoms with Gasteiger partial charge in [-0.2, -0.15) is 13.5 Å². The van der Waals surface area contributed by atoms with Gasteiger partial charge in [0, 0.05) is 29.1 Å². The number of rotatable bonds is 8. The molecule has 0 unspecified atom stereocenters. The molecule has 172 valence electrons. The summed E-state index contributed by atoms with van der Waals surface area (Å²) in [6, 6.07) is 8.27. The van der Waals surface area contributed by atoms with Gasteiger partial charge < -0.3 is 9.47 Å². The Morgan fingerprint density at radius 2 is 1.94 bits per heavy atom. The van der Waals surface area contributed by atoms with Crippen LogP contribution in [0.25, 0.3) is 0 Å². The van der Waals surface area contributed by atoms with Crippen molar-refractivity contribution >= 4 is 15.9 Å². The predicted molar refractivity (Wildman–Crippen MR) is 117 cm³/mol. The molecule has 1 N–H and O–H groups in total. The van der Waals surface area contributed by atoms with Crippen molar-refractivity contribution in [2.24, 2.45) is 5.92 Å². The van der Waals surface area contributed by atoms with Crippen molar-refractivity contribution < 1.29 is 22.7 Å². The normalized spacial score (nSPS) is 21.0. The van der Waals surface area contributed by atoms with E-state index in [1.807, 2.05) is 0 Å². The number of methoxy groups -OCH3 is 2. The molecule has 0 spiro atoms. The summed E-state index contributed by atoms with van der Waals surface area (Å²) in [5, 5.41) is 3.83. The number of nitrogens with one attached hydrogen (secondary N) is 1. The van der Waals surface area contributed by atoms with E-state index in [1.54, 1.807) is 41.3 Å². The molecule has 0 saturated heterocycles. The van der Waals surface area contributed by atoms with Crippen LogP contribution in [0.5, 0.6) is 11.6 Å². The zero-order valence-corrected chi connectivity index (χ0v) is 19.0. The molecule has 3 aromatic heterocycles. The molecular formula is C22H23N5O5S. The number of carbonyl (C=O) groups excluding carboxylic acids is 1. The van der Waals surface area contributed by atoms with Crippen LogP contribution in [-0.2, 0) is 22.0 Å². The zero-order chi connectivity index (χ0) is 23.2. The van der Waals surface area contributed by atoms with Gasteiger partial charge in [0.25, 0.3) is 15.9 Å². The number of hydrogen-bond donors (Lipinski definition) is 1. The SMILES string of the molecule is COc1ccc(C23CC(C2)C3)nc1S(=O)(=O)NC(=O)c1ccc(Cn2cccn2)c(OC)n1. The molecule has 10 nitrogen and oxygen atoms in total. The van der Waals surface area contributed by atoms with Crippen LogP contribution >= 0.6 is 0 Å². The first-order valence-electron chi connectivity index (χ1n) is 10.5. The lowest BCUT2D eigenvalue weighted by Gasteiger charge is -2.61. The van der Waals surface area contributed by atoms with Crippen molar-refractivity contribution in [3.8, 4) is 11.6 Å². The number of amides is 1. The Morgan fingerprint density at radius 1 is 1.15 bits per heavy atom. The van der Waals surface area contributed by atoms with Crippen molar-refractivity contribution in [3.63, 3.8) is 0 Å². The second-order valence-corrected chi connectivity index (χ2v) is 10.1. The van der Waals surface area contributed by atoms with Crippen molar-refractivity contribution in [1.29, 1.82) is 0 Å². The van der Waals surface area contributed by atoms with Gasteiger partial charge in [-0.1, -0.05) is 0 Å². The van der Waals surface area contributed by atoms with E-state index in [1.165, 1.54) is 20.3 Å². The van der Waals surface area contributed by atoms with Crippen LogP contribution < -0.4 is 14.2 Å². The third-order valence-electron chi connectivity index (χ3n) is 6.37. The predicted octanol–water partition coefficient (Wildman–Crippen LogP) is 1.91. The van der Waals surface area contributed by atoms with Crippen LogP contribution in [0.4, 0.5) is 0 Å². The topological polar surface area (TPSA) is 125 Å². The Hall–Kier alpha value is -3.47. The largest absolute Gasteiger partial charge is 0.494 e. The van der Waals surface area contributed by atoms with E-state index in [0.29, 0.717) is 18.0 Å². The van der Waals surface area contributed by atoms with Crippen molar-refractivity contribution in [3.05, 3.63) is 59.7 Å². The van der Waals surface area contributed by atoms with Crippen LogP contribution in [0.1, 0.15) is 41.0 Å². The highest BCUT2D eigenvalue weighted by Crippen LogP contribution is 2.64. The smallest absolute Gasteiger partial charge is 0.285 e. The molecule has 1 amide bonds. The quantitative estimate of drug-likeness (QED) is 0.530. The van der Waals surface area contributed by atoms with E-state index in [4.69, 9.17) is 9.47 Å². The molecule has 0 aromatic carbocycles. The lowest BCUT2D eigenvalue weighted by molar-refractivity contribution is -0.0313. The van der Waals surface area contributed by atoms with E-state index in [2.05, 4.69) is 19.8 Å². The van der Waals surface area contributed by atoms with Gasteiger partial charge in [-0.25, -0.2) is 14.7 Å². The molecule has 3 fully saturated rings. The van der Waals surface area contributed by atoms with Crippen LogP contribution in [0.3, 0.4) is 0 Å². The molecule has 0 atom stereocenters. The molecular weight excluding hydrogens is 446 g/mol. The van der Waals surface area contributed by atoms with Crippen LogP contribution in [-0.4, -0.2) is 48.3 Å². The number of carbonyl (C=O) groups is 1. The Balaban J connectivity index is 1.39. The van der Waals surface area contributed by atoms with E-state index in [-0.39, 0.29) is 27.8 Å². The molecule has 33 heavy (non-hydrogen) atoms. The van der Waals surface area contributed by atoms with E-state index in [0.717, 1.165) is 25.0 Å². The van der Waals surface area contributed by atoms with Gasteiger partial charge in [-0.05, 0) is 55.5 Å². The minimum atomic E-state index is -4.30. The van der Waals surface area contributed by atoms with E-state index in [9.17, 15) is 13.2 Å². The molecule has 3 heterocycles. The summed E-state index contributed by atoms with van der Waals surface area (Å²) in [5.41, 5.74) is 1.27. The average molecular weight is 470 g/mol. The Kier molecular flexibility index (Phi) is 5.08. The highest BCUT2D eigenvalue weighted by Gasteiger charge is 2.58. The Bertz CT molecular complexity index is 1310. The van der Waals surface area contributed by atoms with Gasteiger partial charge in [0.1, 0.15) is 5.69 Å². The summed E-state index contributed by atoms with van der Waals surface area (Å²) in [6.07, 6.45) is 6.50. The first-order valence-corrected chi connectivity index (χ1v) is 12.0. The van der Waals surface area contributed by atoms with Gasteiger partial charge in [0.05, 0.1) is 20.8 Å². The summed E-state index contributed by atoms with van der Waals surface area (Å²) in [7, 11) is -1.51. The molecule has 3 aliphatic rings. The number of hydrogen-bond acceptors (Lipinski definition) is 8. The second kappa shape index (κ2) is 7.84. The Labute approximate surface area is 191 Å². The maximum atomic E-state index is 13.1. The van der Waals surface area contributed by atoms with Gasteiger partial charge in [0.15, 0.2) is 5.75 Å². The zero-order valence-electron chi connectivity index (χ0n) is 18.2. The third kappa shape index (κ3) is 3.71. The molecule has 3 saturated carbocycles. The summed E-state index contributed by atoms with van der Waals surface area (Å²) < 4.78 is 40.4. The lowest BCUT2D eigenvalue weighted by Crippen LogP contribution is -2.55. The maximum Gasteiger partial charge on any atom is 0.285 e. The summed E-state index contributed by atoms with van der Waals surface area (Å²) in [5.74, 6) is 0.104. The number of aromatic nitrogens is 4. The van der Waals surface area contributed by atoms with Gasteiger partial charge >= 0.3 is 0 Å². The van der Waals surface area contributed by atoms with Gasteiger partial charge in [0.2, 0.25) is 10.9 Å². The molecule has 6 rings (SSSR count). The number of ether oxygens (including phenoxy) is 2. The Morgan fingerprint density at radius 3 is 2.55 bits per heavy atom. The average Bonchev–Trinajstić information content (AvgIpc) is 3.24. The molecule has 0 radical (unpaired) electrons. The maximum absolute atomic E-state index is 13.1. The van der Waals surface area contributed by atoms with Crippen LogP contribution in [0.2, 0.25) is 0 Å². The summed E-state index contributed by atoms with van der Waals surface area (Å²) in [4.78, 5) is 21.4. The summed E-state index contributed by atoms with van der Waals surface area (Å²) in [6.45, 7) is 0.389.